The Hall–Kier alpha value is -2.38. The van der Waals surface area contributed by atoms with Crippen molar-refractivity contribution in [2.75, 3.05) is 32.8 Å². The molecule has 1 amide bonds. The highest BCUT2D eigenvalue weighted by molar-refractivity contribution is 5.76. The summed E-state index contributed by atoms with van der Waals surface area (Å²) in [5.41, 5.74) is 3.06. The summed E-state index contributed by atoms with van der Waals surface area (Å²) in [5.74, 6) is 2.15. The van der Waals surface area contributed by atoms with Gasteiger partial charge in [0.05, 0.1) is 13.2 Å². The molecule has 2 aliphatic heterocycles. The van der Waals surface area contributed by atoms with Crippen LogP contribution in [0.2, 0.25) is 0 Å². The summed E-state index contributed by atoms with van der Waals surface area (Å²) < 4.78 is 18.5. The number of allylic oxidation sites excluding steroid dienone is 2. The van der Waals surface area contributed by atoms with Gasteiger partial charge in [0.1, 0.15) is 17.1 Å². The van der Waals surface area contributed by atoms with Crippen LogP contribution >= 0.6 is 0 Å². The second-order valence-corrected chi connectivity index (χ2v) is 15.4. The van der Waals surface area contributed by atoms with E-state index in [2.05, 4.69) is 85.4 Å². The predicted molar refractivity (Wildman–Crippen MR) is 181 cm³/mol. The lowest BCUT2D eigenvalue weighted by molar-refractivity contribution is -0.135. The molecular weight excluding hydrogens is 564 g/mol. The molecule has 1 aliphatic carbocycles. The van der Waals surface area contributed by atoms with Crippen molar-refractivity contribution in [3.05, 3.63) is 34.9 Å². The van der Waals surface area contributed by atoms with Crippen molar-refractivity contribution < 1.29 is 23.8 Å². The fourth-order valence-corrected chi connectivity index (χ4v) is 7.67. The van der Waals surface area contributed by atoms with Gasteiger partial charge < -0.3 is 19.1 Å². The number of amides is 1. The Morgan fingerprint density at radius 1 is 1.04 bits per heavy atom. The van der Waals surface area contributed by atoms with Crippen molar-refractivity contribution in [2.24, 2.45) is 5.92 Å². The average Bonchev–Trinajstić information content (AvgIpc) is 2.96. The molecule has 0 bridgehead atoms. The van der Waals surface area contributed by atoms with Gasteiger partial charge in [-0.25, -0.2) is 0 Å². The molecule has 2 heterocycles. The molecule has 1 unspecified atom stereocenters. The fourth-order valence-electron chi connectivity index (χ4n) is 7.67. The Balaban J connectivity index is 1.53. The summed E-state index contributed by atoms with van der Waals surface area (Å²) in [6.45, 7) is 23.5. The van der Waals surface area contributed by atoms with Crippen LogP contribution in [-0.2, 0) is 19.7 Å². The molecule has 1 fully saturated rings. The van der Waals surface area contributed by atoms with Crippen LogP contribution in [0.3, 0.4) is 0 Å². The zero-order valence-corrected chi connectivity index (χ0v) is 29.7. The van der Waals surface area contributed by atoms with Crippen LogP contribution in [-0.4, -0.2) is 72.2 Å². The van der Waals surface area contributed by atoms with Gasteiger partial charge >= 0.3 is 5.97 Å². The molecule has 2 atom stereocenters. The molecule has 0 aromatic heterocycles. The first-order chi connectivity index (χ1) is 21.2. The number of morpholine rings is 1. The Labute approximate surface area is 273 Å². The molecule has 252 valence electrons. The fraction of sp³-hybridized carbons (Fsp3) is 0.737. The highest BCUT2D eigenvalue weighted by Crippen LogP contribution is 2.55. The zero-order chi connectivity index (χ0) is 32.9. The lowest BCUT2D eigenvalue weighted by Crippen LogP contribution is -2.45. The summed E-state index contributed by atoms with van der Waals surface area (Å²) in [4.78, 5) is 30.4. The third kappa shape index (κ3) is 8.91. The number of nitrogens with zero attached hydrogens (tertiary/aromatic N) is 2. The minimum absolute atomic E-state index is 0.175. The van der Waals surface area contributed by atoms with E-state index in [1.165, 1.54) is 5.57 Å². The van der Waals surface area contributed by atoms with Gasteiger partial charge in [-0.05, 0) is 110 Å². The van der Waals surface area contributed by atoms with Crippen LogP contribution in [0.25, 0.3) is 0 Å². The van der Waals surface area contributed by atoms with Crippen molar-refractivity contribution in [3.63, 3.8) is 0 Å². The molecule has 1 aromatic carbocycles. The van der Waals surface area contributed by atoms with Gasteiger partial charge in [0.15, 0.2) is 0 Å². The zero-order valence-electron chi connectivity index (χ0n) is 29.7. The third-order valence-corrected chi connectivity index (χ3v) is 10.4. The maximum Gasteiger partial charge on any atom is 0.311 e. The van der Waals surface area contributed by atoms with Crippen LogP contribution in [0.5, 0.6) is 11.5 Å². The number of rotatable bonds is 13. The first-order valence-electron chi connectivity index (χ1n) is 17.5. The molecule has 3 aliphatic rings. The van der Waals surface area contributed by atoms with Gasteiger partial charge in [-0.3, -0.25) is 14.5 Å². The number of fused-ring (bicyclic) bond motifs is 3. The summed E-state index contributed by atoms with van der Waals surface area (Å²) in [6, 6.07) is 5.20. The summed E-state index contributed by atoms with van der Waals surface area (Å²) in [7, 11) is 0. The number of hydrogen-bond acceptors (Lipinski definition) is 6. The van der Waals surface area contributed by atoms with Gasteiger partial charge in [-0.1, -0.05) is 31.9 Å². The van der Waals surface area contributed by atoms with Crippen molar-refractivity contribution >= 4 is 11.9 Å². The molecule has 1 saturated heterocycles. The number of carbonyl (C=O) groups excluding carboxylic acids is 2. The normalized spacial score (nSPS) is 21.3. The molecule has 7 nitrogen and oxygen atoms in total. The molecule has 4 rings (SSSR count). The van der Waals surface area contributed by atoms with E-state index in [1.54, 1.807) is 0 Å². The van der Waals surface area contributed by atoms with Crippen LogP contribution in [0.15, 0.2) is 23.8 Å². The average molecular weight is 625 g/mol. The third-order valence-electron chi connectivity index (χ3n) is 10.4. The van der Waals surface area contributed by atoms with E-state index in [4.69, 9.17) is 14.2 Å². The lowest BCUT2D eigenvalue weighted by atomic mass is 9.66. The maximum absolute atomic E-state index is 13.4. The summed E-state index contributed by atoms with van der Waals surface area (Å²) in [6.07, 6.45) is 8.71. The first-order valence-corrected chi connectivity index (χ1v) is 17.5. The van der Waals surface area contributed by atoms with E-state index < -0.39 is 0 Å². The second kappa shape index (κ2) is 15.0. The minimum atomic E-state index is -0.323. The second-order valence-electron chi connectivity index (χ2n) is 15.4. The van der Waals surface area contributed by atoms with E-state index in [0.717, 1.165) is 61.9 Å². The van der Waals surface area contributed by atoms with Gasteiger partial charge in [-0.15, -0.1) is 0 Å². The van der Waals surface area contributed by atoms with Crippen LogP contribution in [0, 0.1) is 5.92 Å². The number of carbonyl (C=O) groups is 2. The number of benzene rings is 1. The number of unbranched alkanes of at least 4 members (excludes halogenated alkanes) is 1. The molecule has 1 aromatic rings. The Bertz CT molecular complexity index is 1200. The molecule has 45 heavy (non-hydrogen) atoms. The topological polar surface area (TPSA) is 68.3 Å². The van der Waals surface area contributed by atoms with Crippen molar-refractivity contribution in [1.29, 1.82) is 0 Å². The molecule has 0 N–H and O–H groups in total. The summed E-state index contributed by atoms with van der Waals surface area (Å²) >= 11 is 0. The van der Waals surface area contributed by atoms with Crippen molar-refractivity contribution in [1.82, 2.24) is 9.80 Å². The maximum atomic E-state index is 13.4. The highest BCUT2D eigenvalue weighted by atomic mass is 16.5. The number of hydrogen-bond donors (Lipinski definition) is 0. The smallest absolute Gasteiger partial charge is 0.311 e. The highest BCUT2D eigenvalue weighted by Gasteiger charge is 2.46. The number of esters is 1. The molecule has 0 saturated carbocycles. The summed E-state index contributed by atoms with van der Waals surface area (Å²) in [5, 5.41) is 0. The molecular formula is C38H60N2O5. The lowest BCUT2D eigenvalue weighted by Gasteiger charge is -2.47. The Kier molecular flexibility index (Phi) is 11.8. The quantitative estimate of drug-likeness (QED) is 0.0966. The Morgan fingerprint density at radius 3 is 2.40 bits per heavy atom. The molecule has 0 spiro atoms. The van der Waals surface area contributed by atoms with Gasteiger partial charge in [0.25, 0.3) is 0 Å². The van der Waals surface area contributed by atoms with E-state index in [0.29, 0.717) is 62.9 Å². The van der Waals surface area contributed by atoms with Crippen molar-refractivity contribution in [3.8, 4) is 11.5 Å². The van der Waals surface area contributed by atoms with Crippen molar-refractivity contribution in [2.45, 2.75) is 143 Å². The largest absolute Gasteiger partial charge is 0.487 e. The van der Waals surface area contributed by atoms with Crippen LogP contribution < -0.4 is 9.47 Å². The van der Waals surface area contributed by atoms with Gasteiger partial charge in [0, 0.05) is 55.4 Å². The first kappa shape index (κ1) is 35.5. The minimum Gasteiger partial charge on any atom is -0.487 e. The monoisotopic (exact) mass is 624 g/mol. The molecule has 7 heteroatoms. The van der Waals surface area contributed by atoms with Gasteiger partial charge in [-0.2, -0.15) is 0 Å². The van der Waals surface area contributed by atoms with E-state index in [-0.39, 0.29) is 28.8 Å². The SMILES string of the molecule is CC1=CC[C@@H]2C(C1)c1c(OC(=O)CCCN(C(C)C)C(C)C)cc(C(C)(C)CCCCC(=O)N3CCOCC3)cc1OC2(C)C. The van der Waals surface area contributed by atoms with E-state index >= 15 is 0 Å². The predicted octanol–water partition coefficient (Wildman–Crippen LogP) is 7.80. The van der Waals surface area contributed by atoms with E-state index in [1.807, 2.05) is 4.90 Å². The molecule has 0 radical (unpaired) electrons. The number of ether oxygens (including phenoxy) is 3. The van der Waals surface area contributed by atoms with Gasteiger partial charge in [0.2, 0.25) is 5.91 Å². The van der Waals surface area contributed by atoms with E-state index in [9.17, 15) is 9.59 Å². The Morgan fingerprint density at radius 2 is 1.73 bits per heavy atom. The van der Waals surface area contributed by atoms with Crippen LogP contribution in [0.1, 0.15) is 131 Å². The standard InChI is InChI=1S/C38H60N2O5/c1-26(2)40(27(3)4)18-12-14-35(42)44-32-24-29(37(6,7)17-11-10-13-34(41)39-19-21-43-22-20-39)25-33-36(32)30-23-28(5)15-16-31(30)38(8,9)45-33/h15,24-27,30-31H,10-14,16-23H2,1-9H3/t30?,31-/m1/s1. The van der Waals surface area contributed by atoms with Crippen LogP contribution in [0.4, 0.5) is 0 Å².